The van der Waals surface area contributed by atoms with Gasteiger partial charge in [0.2, 0.25) is 0 Å². The lowest BCUT2D eigenvalue weighted by molar-refractivity contribution is 0.395. The Morgan fingerprint density at radius 3 is 3.27 bits per heavy atom. The van der Waals surface area contributed by atoms with Gasteiger partial charge in [0.15, 0.2) is 0 Å². The minimum Gasteiger partial charge on any atom is -0.309 e. The van der Waals surface area contributed by atoms with Crippen molar-refractivity contribution in [3.63, 3.8) is 0 Å². The Balaban J connectivity index is 2.35. The zero-order chi connectivity index (χ0) is 10.4. The number of hydrogen-bond acceptors (Lipinski definition) is 2. The first kappa shape index (κ1) is 9.36. The lowest BCUT2D eigenvalue weighted by atomic mass is 10.1. The molecule has 1 N–H and O–H groups in total. The first-order chi connectivity index (χ1) is 7.27. The lowest BCUT2D eigenvalue weighted by Gasteiger charge is -2.21. The van der Waals surface area contributed by atoms with E-state index in [0.29, 0.717) is 6.04 Å². The summed E-state index contributed by atoms with van der Waals surface area (Å²) in [5.74, 6) is 0. The Labute approximate surface area is 96.6 Å². The number of fused-ring (bicyclic) bond motifs is 3. The van der Waals surface area contributed by atoms with Crippen molar-refractivity contribution in [3.05, 3.63) is 28.4 Å². The van der Waals surface area contributed by atoms with Gasteiger partial charge < -0.3 is 5.32 Å². The van der Waals surface area contributed by atoms with Crippen molar-refractivity contribution >= 4 is 26.8 Å². The fourth-order valence-corrected chi connectivity index (χ4v) is 2.61. The number of benzene rings is 1. The molecule has 0 aliphatic carbocycles. The van der Waals surface area contributed by atoms with E-state index in [9.17, 15) is 0 Å². The number of hydrogen-bond donors (Lipinski definition) is 1. The van der Waals surface area contributed by atoms with Gasteiger partial charge in [-0.15, -0.1) is 0 Å². The van der Waals surface area contributed by atoms with Gasteiger partial charge in [-0.2, -0.15) is 5.10 Å². The van der Waals surface area contributed by atoms with E-state index in [-0.39, 0.29) is 0 Å². The maximum absolute atomic E-state index is 4.66. The van der Waals surface area contributed by atoms with E-state index in [0.717, 1.165) is 23.1 Å². The van der Waals surface area contributed by atoms with E-state index in [1.165, 1.54) is 11.1 Å². The van der Waals surface area contributed by atoms with Crippen LogP contribution in [0.2, 0.25) is 0 Å². The van der Waals surface area contributed by atoms with Crippen molar-refractivity contribution < 1.29 is 0 Å². The van der Waals surface area contributed by atoms with Crippen LogP contribution in [0.25, 0.3) is 10.9 Å². The molecule has 0 fully saturated rings. The molecule has 2 aromatic rings. The summed E-state index contributed by atoms with van der Waals surface area (Å²) < 4.78 is 3.22. The molecule has 0 saturated heterocycles. The topological polar surface area (TPSA) is 29.9 Å². The van der Waals surface area contributed by atoms with Gasteiger partial charge in [-0.3, -0.25) is 4.68 Å². The molecule has 15 heavy (non-hydrogen) atoms. The smallest absolute Gasteiger partial charge is 0.107 e. The average molecular weight is 266 g/mol. The molecule has 1 aliphatic rings. The number of aromatic nitrogens is 2. The zero-order valence-electron chi connectivity index (χ0n) is 8.50. The molecule has 78 valence electrons. The van der Waals surface area contributed by atoms with Crippen molar-refractivity contribution in [1.82, 2.24) is 15.1 Å². The summed E-state index contributed by atoms with van der Waals surface area (Å²) in [5.41, 5.74) is 2.37. The maximum atomic E-state index is 4.66. The second-order valence-corrected chi connectivity index (χ2v) is 4.86. The highest BCUT2D eigenvalue weighted by atomic mass is 79.9. The third kappa shape index (κ3) is 1.32. The van der Waals surface area contributed by atoms with Crippen LogP contribution >= 0.6 is 15.9 Å². The summed E-state index contributed by atoms with van der Waals surface area (Å²) in [6.45, 7) is 4.10. The normalized spacial score (nSPS) is 20.5. The number of nitrogens with one attached hydrogen (secondary N) is 1. The van der Waals surface area contributed by atoms with Crippen LogP contribution in [-0.2, 0) is 6.54 Å². The molecule has 4 heteroatoms. The number of rotatable bonds is 0. The van der Waals surface area contributed by atoms with Crippen molar-refractivity contribution in [2.45, 2.75) is 19.5 Å². The van der Waals surface area contributed by atoms with Crippen LogP contribution in [0.1, 0.15) is 18.7 Å². The molecule has 1 aromatic carbocycles. The SMILES string of the molecule is CC1CNCc2c3cccc(Br)c3nn21. The van der Waals surface area contributed by atoms with E-state index in [1.807, 2.05) is 6.07 Å². The maximum Gasteiger partial charge on any atom is 0.107 e. The predicted molar refractivity (Wildman–Crippen MR) is 63.9 cm³/mol. The highest BCUT2D eigenvalue weighted by molar-refractivity contribution is 9.10. The Morgan fingerprint density at radius 2 is 2.40 bits per heavy atom. The Bertz CT molecular complexity index is 518. The number of nitrogens with zero attached hydrogens (tertiary/aromatic N) is 2. The quantitative estimate of drug-likeness (QED) is 0.793. The highest BCUT2D eigenvalue weighted by Crippen LogP contribution is 2.28. The van der Waals surface area contributed by atoms with Crippen LogP contribution in [0.3, 0.4) is 0 Å². The highest BCUT2D eigenvalue weighted by Gasteiger charge is 2.20. The van der Waals surface area contributed by atoms with Gasteiger partial charge in [0.1, 0.15) is 5.52 Å². The van der Waals surface area contributed by atoms with Crippen LogP contribution in [0.4, 0.5) is 0 Å². The van der Waals surface area contributed by atoms with Crippen molar-refractivity contribution in [3.8, 4) is 0 Å². The van der Waals surface area contributed by atoms with Gasteiger partial charge in [0.25, 0.3) is 0 Å². The van der Waals surface area contributed by atoms with E-state index in [4.69, 9.17) is 0 Å². The van der Waals surface area contributed by atoms with Crippen molar-refractivity contribution in [1.29, 1.82) is 0 Å². The average Bonchev–Trinajstić information content (AvgIpc) is 2.60. The molecule has 0 amide bonds. The van der Waals surface area contributed by atoms with E-state index < -0.39 is 0 Å². The molecule has 0 radical (unpaired) electrons. The van der Waals surface area contributed by atoms with Gasteiger partial charge in [0.05, 0.1) is 11.7 Å². The molecule has 3 rings (SSSR count). The van der Waals surface area contributed by atoms with Crippen LogP contribution in [0.5, 0.6) is 0 Å². The molecule has 1 aliphatic heterocycles. The Hall–Kier alpha value is -0.870. The molecule has 1 unspecified atom stereocenters. The largest absolute Gasteiger partial charge is 0.309 e. The van der Waals surface area contributed by atoms with E-state index in [1.54, 1.807) is 0 Å². The van der Waals surface area contributed by atoms with Gasteiger partial charge in [0, 0.05) is 22.9 Å². The fourth-order valence-electron chi connectivity index (χ4n) is 2.17. The lowest BCUT2D eigenvalue weighted by Crippen LogP contribution is -2.31. The zero-order valence-corrected chi connectivity index (χ0v) is 10.1. The van der Waals surface area contributed by atoms with Crippen LogP contribution < -0.4 is 5.32 Å². The van der Waals surface area contributed by atoms with E-state index in [2.05, 4.69) is 50.1 Å². The predicted octanol–water partition coefficient (Wildman–Crippen LogP) is 2.46. The summed E-state index contributed by atoms with van der Waals surface area (Å²) in [5, 5.41) is 9.33. The summed E-state index contributed by atoms with van der Waals surface area (Å²) in [6.07, 6.45) is 0. The first-order valence-corrected chi connectivity index (χ1v) is 5.93. The third-order valence-electron chi connectivity index (χ3n) is 2.93. The standard InChI is InChI=1S/C11H12BrN3/c1-7-5-13-6-10-8-3-2-4-9(12)11(8)14-15(7)10/h2-4,7,13H,5-6H2,1H3. The molecular formula is C11H12BrN3. The molecule has 2 heterocycles. The second kappa shape index (κ2) is 3.32. The second-order valence-electron chi connectivity index (χ2n) is 4.01. The third-order valence-corrected chi connectivity index (χ3v) is 3.57. The van der Waals surface area contributed by atoms with Crippen LogP contribution in [0.15, 0.2) is 22.7 Å². The molecule has 3 nitrogen and oxygen atoms in total. The Morgan fingerprint density at radius 1 is 1.53 bits per heavy atom. The molecule has 1 aromatic heterocycles. The van der Waals surface area contributed by atoms with Gasteiger partial charge >= 0.3 is 0 Å². The minimum atomic E-state index is 0.438. The van der Waals surface area contributed by atoms with Crippen molar-refractivity contribution in [2.24, 2.45) is 0 Å². The Kier molecular flexibility index (Phi) is 2.07. The van der Waals surface area contributed by atoms with Gasteiger partial charge in [-0.25, -0.2) is 0 Å². The molecular weight excluding hydrogens is 254 g/mol. The van der Waals surface area contributed by atoms with E-state index >= 15 is 0 Å². The molecule has 0 saturated carbocycles. The van der Waals surface area contributed by atoms with Crippen molar-refractivity contribution in [2.75, 3.05) is 6.54 Å². The van der Waals surface area contributed by atoms with Crippen LogP contribution in [0, 0.1) is 0 Å². The molecule has 0 spiro atoms. The summed E-state index contributed by atoms with van der Waals surface area (Å²) in [7, 11) is 0. The summed E-state index contributed by atoms with van der Waals surface area (Å²) in [6, 6.07) is 6.68. The number of halogens is 1. The summed E-state index contributed by atoms with van der Waals surface area (Å²) in [4.78, 5) is 0. The first-order valence-electron chi connectivity index (χ1n) is 5.13. The molecule has 1 atom stereocenters. The van der Waals surface area contributed by atoms with Gasteiger partial charge in [-0.1, -0.05) is 12.1 Å². The fraction of sp³-hybridized carbons (Fsp3) is 0.364. The van der Waals surface area contributed by atoms with Gasteiger partial charge in [-0.05, 0) is 28.9 Å². The molecule has 0 bridgehead atoms. The van der Waals surface area contributed by atoms with Crippen LogP contribution in [-0.4, -0.2) is 16.3 Å². The minimum absolute atomic E-state index is 0.438. The monoisotopic (exact) mass is 265 g/mol. The summed E-state index contributed by atoms with van der Waals surface area (Å²) >= 11 is 3.55.